The van der Waals surface area contributed by atoms with Gasteiger partial charge >= 0.3 is 0 Å². The zero-order valence-corrected chi connectivity index (χ0v) is 13.2. The standard InChI is InChI=1S/C18H16N2O3/c1-16(2)17(3)18(23-17,20-9-5-4-6-15(20)21)13-10-12(11-19)7-8-14(13)22-16/h4-10H,1-3H3/t17-,18-/m1/s1. The number of aromatic nitrogens is 1. The molecule has 2 aliphatic heterocycles. The quantitative estimate of drug-likeness (QED) is 0.759. The molecule has 1 fully saturated rings. The van der Waals surface area contributed by atoms with Crippen molar-refractivity contribution in [2.24, 2.45) is 0 Å². The second-order valence-electron chi connectivity index (χ2n) is 6.62. The molecule has 0 bridgehead atoms. The van der Waals surface area contributed by atoms with Crippen LogP contribution >= 0.6 is 0 Å². The number of nitriles is 1. The molecule has 0 spiro atoms. The topological polar surface area (TPSA) is 67.5 Å². The molecule has 1 aromatic heterocycles. The Morgan fingerprint density at radius 3 is 2.65 bits per heavy atom. The largest absolute Gasteiger partial charge is 0.484 e. The van der Waals surface area contributed by atoms with Crippen molar-refractivity contribution in [1.82, 2.24) is 4.57 Å². The second kappa shape index (κ2) is 4.03. The third-order valence-corrected chi connectivity index (χ3v) is 5.11. The highest BCUT2D eigenvalue weighted by Gasteiger charge is 2.80. The summed E-state index contributed by atoms with van der Waals surface area (Å²) in [6.07, 6.45) is 1.72. The van der Waals surface area contributed by atoms with Crippen molar-refractivity contribution in [3.63, 3.8) is 0 Å². The summed E-state index contributed by atoms with van der Waals surface area (Å²) in [5, 5.41) is 9.21. The number of benzene rings is 1. The Morgan fingerprint density at radius 2 is 1.96 bits per heavy atom. The first kappa shape index (κ1) is 14.0. The lowest BCUT2D eigenvalue weighted by molar-refractivity contribution is 0.0214. The van der Waals surface area contributed by atoms with Crippen molar-refractivity contribution in [2.45, 2.75) is 37.7 Å². The smallest absolute Gasteiger partial charge is 0.253 e. The van der Waals surface area contributed by atoms with Crippen molar-refractivity contribution in [2.75, 3.05) is 0 Å². The van der Waals surface area contributed by atoms with Gasteiger partial charge in [-0.05, 0) is 45.0 Å². The lowest BCUT2D eigenvalue weighted by Gasteiger charge is -2.39. The van der Waals surface area contributed by atoms with Gasteiger partial charge in [-0.25, -0.2) is 0 Å². The number of nitrogens with zero attached hydrogens (tertiary/aromatic N) is 2. The van der Waals surface area contributed by atoms with Gasteiger partial charge in [0.25, 0.3) is 5.56 Å². The molecular formula is C18H16N2O3. The number of epoxide rings is 1. The molecule has 0 radical (unpaired) electrons. The minimum atomic E-state index is -0.949. The van der Waals surface area contributed by atoms with Gasteiger partial charge in [0, 0.05) is 12.3 Å². The van der Waals surface area contributed by atoms with E-state index in [9.17, 15) is 10.1 Å². The molecular weight excluding hydrogens is 292 g/mol. The van der Waals surface area contributed by atoms with Gasteiger partial charge in [0.2, 0.25) is 5.72 Å². The van der Waals surface area contributed by atoms with E-state index in [2.05, 4.69) is 6.07 Å². The molecule has 2 aliphatic rings. The number of rotatable bonds is 1. The van der Waals surface area contributed by atoms with E-state index in [1.165, 1.54) is 6.07 Å². The molecule has 116 valence electrons. The zero-order valence-electron chi connectivity index (χ0n) is 13.2. The molecule has 2 aromatic rings. The van der Waals surface area contributed by atoms with Crippen LogP contribution in [0.25, 0.3) is 0 Å². The Balaban J connectivity index is 2.07. The predicted octanol–water partition coefficient (Wildman–Crippen LogP) is 2.38. The molecule has 4 rings (SSSR count). The Bertz CT molecular complexity index is 924. The van der Waals surface area contributed by atoms with Crippen LogP contribution in [0.1, 0.15) is 31.9 Å². The Hall–Kier alpha value is -2.58. The van der Waals surface area contributed by atoms with Crippen LogP contribution in [-0.4, -0.2) is 15.8 Å². The van der Waals surface area contributed by atoms with Crippen LogP contribution in [0.2, 0.25) is 0 Å². The van der Waals surface area contributed by atoms with Crippen LogP contribution in [0, 0.1) is 11.3 Å². The van der Waals surface area contributed by atoms with Gasteiger partial charge < -0.3 is 9.47 Å². The average molecular weight is 308 g/mol. The number of hydrogen-bond donors (Lipinski definition) is 0. The highest BCUT2D eigenvalue weighted by molar-refractivity contribution is 5.53. The molecule has 5 heteroatoms. The van der Waals surface area contributed by atoms with Gasteiger partial charge in [0.05, 0.1) is 17.2 Å². The lowest BCUT2D eigenvalue weighted by Crippen LogP contribution is -2.53. The summed E-state index contributed by atoms with van der Waals surface area (Å²) in [6, 6.07) is 12.4. The molecule has 0 amide bonds. The predicted molar refractivity (Wildman–Crippen MR) is 83.1 cm³/mol. The third-order valence-electron chi connectivity index (χ3n) is 5.11. The molecule has 1 aromatic carbocycles. The van der Waals surface area contributed by atoms with Gasteiger partial charge in [-0.15, -0.1) is 0 Å². The minimum absolute atomic E-state index is 0.151. The van der Waals surface area contributed by atoms with Crippen LogP contribution in [0.5, 0.6) is 5.75 Å². The monoisotopic (exact) mass is 308 g/mol. The van der Waals surface area contributed by atoms with E-state index >= 15 is 0 Å². The minimum Gasteiger partial charge on any atom is -0.484 e. The maximum atomic E-state index is 12.4. The Morgan fingerprint density at radius 1 is 1.17 bits per heavy atom. The normalized spacial score (nSPS) is 29.7. The van der Waals surface area contributed by atoms with E-state index in [4.69, 9.17) is 9.47 Å². The molecule has 0 unspecified atom stereocenters. The second-order valence-corrected chi connectivity index (χ2v) is 6.62. The maximum Gasteiger partial charge on any atom is 0.253 e. The van der Waals surface area contributed by atoms with E-state index in [0.717, 1.165) is 0 Å². The third kappa shape index (κ3) is 1.51. The molecule has 0 aliphatic carbocycles. The van der Waals surface area contributed by atoms with Crippen LogP contribution < -0.4 is 10.3 Å². The van der Waals surface area contributed by atoms with Gasteiger partial charge in [-0.3, -0.25) is 9.36 Å². The van der Waals surface area contributed by atoms with Crippen LogP contribution in [0.3, 0.4) is 0 Å². The number of fused-ring (bicyclic) bond motifs is 3. The summed E-state index contributed by atoms with van der Waals surface area (Å²) in [5.41, 5.74) is -1.20. The van der Waals surface area contributed by atoms with E-state index in [-0.39, 0.29) is 5.56 Å². The fourth-order valence-electron chi connectivity index (χ4n) is 3.53. The molecule has 5 nitrogen and oxygen atoms in total. The lowest BCUT2D eigenvalue weighted by atomic mass is 9.79. The van der Waals surface area contributed by atoms with E-state index in [1.807, 2.05) is 20.8 Å². The van der Waals surface area contributed by atoms with Crippen LogP contribution in [0.4, 0.5) is 0 Å². The number of hydrogen-bond acceptors (Lipinski definition) is 4. The number of ether oxygens (including phenoxy) is 2. The van der Waals surface area contributed by atoms with Crippen molar-refractivity contribution in [1.29, 1.82) is 5.26 Å². The highest BCUT2D eigenvalue weighted by Crippen LogP contribution is 2.66. The van der Waals surface area contributed by atoms with Gasteiger partial charge in [0.15, 0.2) is 5.60 Å². The number of pyridine rings is 1. The SMILES string of the molecule is CC1(C)Oc2ccc(C#N)cc2[C@@]2(n3ccccc3=O)O[C@]12C. The zero-order chi connectivity index (χ0) is 16.5. The maximum absolute atomic E-state index is 12.4. The van der Waals surface area contributed by atoms with E-state index in [1.54, 1.807) is 41.1 Å². The van der Waals surface area contributed by atoms with Crippen LogP contribution in [0.15, 0.2) is 47.4 Å². The fourth-order valence-corrected chi connectivity index (χ4v) is 3.53. The summed E-state index contributed by atoms with van der Waals surface area (Å²) < 4.78 is 13.9. The first-order valence-corrected chi connectivity index (χ1v) is 7.48. The summed E-state index contributed by atoms with van der Waals surface area (Å²) in [5.74, 6) is 0.639. The molecule has 2 atom stereocenters. The van der Waals surface area contributed by atoms with Crippen molar-refractivity contribution in [3.8, 4) is 11.8 Å². The molecule has 0 N–H and O–H groups in total. The Labute approximate surface area is 133 Å². The first-order valence-electron chi connectivity index (χ1n) is 7.48. The van der Waals surface area contributed by atoms with Crippen molar-refractivity contribution in [3.05, 3.63) is 64.1 Å². The van der Waals surface area contributed by atoms with Crippen molar-refractivity contribution >= 4 is 0 Å². The fraction of sp³-hybridized carbons (Fsp3) is 0.333. The first-order chi connectivity index (χ1) is 10.9. The summed E-state index contributed by atoms with van der Waals surface area (Å²) in [4.78, 5) is 12.4. The van der Waals surface area contributed by atoms with Gasteiger partial charge in [-0.1, -0.05) is 6.07 Å². The summed E-state index contributed by atoms with van der Waals surface area (Å²) >= 11 is 0. The van der Waals surface area contributed by atoms with E-state index < -0.39 is 16.9 Å². The summed E-state index contributed by atoms with van der Waals surface area (Å²) in [7, 11) is 0. The average Bonchev–Trinajstić information content (AvgIpc) is 3.17. The molecule has 0 saturated carbocycles. The van der Waals surface area contributed by atoms with E-state index in [0.29, 0.717) is 16.9 Å². The van der Waals surface area contributed by atoms with Crippen molar-refractivity contribution < 1.29 is 9.47 Å². The van der Waals surface area contributed by atoms with Gasteiger partial charge in [-0.2, -0.15) is 5.26 Å². The molecule has 3 heterocycles. The molecule has 1 saturated heterocycles. The highest BCUT2D eigenvalue weighted by atomic mass is 16.7. The van der Waals surface area contributed by atoms with Crippen LogP contribution in [-0.2, 0) is 10.5 Å². The Kier molecular flexibility index (Phi) is 2.46. The van der Waals surface area contributed by atoms with Gasteiger partial charge in [0.1, 0.15) is 11.4 Å². The summed E-state index contributed by atoms with van der Waals surface area (Å²) in [6.45, 7) is 5.84. The molecule has 23 heavy (non-hydrogen) atoms.